The maximum Gasteiger partial charge on any atom is 0.322 e. The van der Waals surface area contributed by atoms with Crippen LogP contribution >= 0.6 is 12.6 Å². The molecule has 0 saturated carbocycles. The molecule has 3 amide bonds. The molecule has 0 aromatic heterocycles. The minimum atomic E-state index is -1.29. The van der Waals surface area contributed by atoms with E-state index in [9.17, 15) is 24.0 Å². The van der Waals surface area contributed by atoms with E-state index in [2.05, 4.69) is 28.6 Å². The lowest BCUT2D eigenvalue weighted by Crippen LogP contribution is -2.56. The molecule has 12 nitrogen and oxygen atoms in total. The summed E-state index contributed by atoms with van der Waals surface area (Å²) >= 11 is 3.97. The summed E-state index contributed by atoms with van der Waals surface area (Å²) in [6, 6.07) is 3.36. The number of carboxylic acid groups (broad SMARTS) is 2. The number of nitrogens with one attached hydrogen (secondary N) is 3. The second-order valence-corrected chi connectivity index (χ2v) is 7.37. The quantitative estimate of drug-likeness (QED) is 0.154. The van der Waals surface area contributed by atoms with Crippen LogP contribution in [-0.4, -0.2) is 77.4 Å². The van der Waals surface area contributed by atoms with Crippen molar-refractivity contribution in [2.75, 3.05) is 19.4 Å². The molecule has 0 heterocycles. The molecule has 0 bridgehead atoms. The van der Waals surface area contributed by atoms with Crippen molar-refractivity contribution >= 4 is 42.3 Å². The maximum atomic E-state index is 12.7. The average molecular weight is 485 g/mol. The normalized spacial score (nSPS) is 13.2. The van der Waals surface area contributed by atoms with Crippen LogP contribution in [0.3, 0.4) is 0 Å². The number of amides is 3. The number of thiol groups is 1. The highest BCUT2D eigenvalue weighted by atomic mass is 32.1. The summed E-state index contributed by atoms with van der Waals surface area (Å²) in [5.74, 6) is -4.29. The zero-order valence-electron chi connectivity index (χ0n) is 17.9. The minimum absolute atomic E-state index is 0.153. The molecule has 182 valence electrons. The predicted molar refractivity (Wildman–Crippen MR) is 120 cm³/mol. The van der Waals surface area contributed by atoms with E-state index >= 15 is 0 Å². The van der Waals surface area contributed by atoms with Gasteiger partial charge in [0.15, 0.2) is 0 Å². The van der Waals surface area contributed by atoms with Gasteiger partial charge in [0, 0.05) is 12.2 Å². The van der Waals surface area contributed by atoms with Crippen molar-refractivity contribution in [2.24, 2.45) is 5.73 Å². The summed E-state index contributed by atoms with van der Waals surface area (Å²) in [5, 5.41) is 24.5. The molecule has 33 heavy (non-hydrogen) atoms. The first-order chi connectivity index (χ1) is 15.6. The van der Waals surface area contributed by atoms with E-state index in [1.54, 1.807) is 24.3 Å². The molecule has 1 aromatic rings. The van der Waals surface area contributed by atoms with Gasteiger partial charge < -0.3 is 36.6 Å². The molecule has 0 saturated heterocycles. The molecule has 1 rings (SSSR count). The second-order valence-electron chi connectivity index (χ2n) is 7.01. The number of ether oxygens (including phenoxy) is 1. The van der Waals surface area contributed by atoms with Crippen LogP contribution in [-0.2, 0) is 30.4 Å². The lowest BCUT2D eigenvalue weighted by Gasteiger charge is -2.23. The van der Waals surface area contributed by atoms with Gasteiger partial charge in [-0.2, -0.15) is 12.6 Å². The van der Waals surface area contributed by atoms with Crippen molar-refractivity contribution in [3.8, 4) is 5.75 Å². The molecular weight excluding hydrogens is 456 g/mol. The number of benzene rings is 1. The molecule has 13 heteroatoms. The Balaban J connectivity index is 2.81. The topological polar surface area (TPSA) is 197 Å². The number of hydrogen-bond acceptors (Lipinski definition) is 8. The van der Waals surface area contributed by atoms with Gasteiger partial charge in [0.05, 0.1) is 13.2 Å². The SMILES string of the molecule is COc1ccc(C[C@H](N)C(=O)N[C@@H](CCC(=O)O)C(=O)N[C@@H](CS)C(=O)NCC(=O)O)cc1. The highest BCUT2D eigenvalue weighted by Crippen LogP contribution is 2.12. The largest absolute Gasteiger partial charge is 0.497 e. The monoisotopic (exact) mass is 484 g/mol. The van der Waals surface area contributed by atoms with E-state index in [-0.39, 0.29) is 18.6 Å². The molecule has 7 N–H and O–H groups in total. The van der Waals surface area contributed by atoms with Gasteiger partial charge in [0.2, 0.25) is 17.7 Å². The van der Waals surface area contributed by atoms with Gasteiger partial charge in [-0.25, -0.2) is 0 Å². The van der Waals surface area contributed by atoms with Gasteiger partial charge in [-0.1, -0.05) is 12.1 Å². The van der Waals surface area contributed by atoms with E-state index in [1.807, 2.05) is 0 Å². The molecular formula is C20H28N4O8S. The van der Waals surface area contributed by atoms with Gasteiger partial charge in [0.25, 0.3) is 0 Å². The van der Waals surface area contributed by atoms with Crippen LogP contribution in [0.15, 0.2) is 24.3 Å². The smallest absolute Gasteiger partial charge is 0.322 e. The summed E-state index contributed by atoms with van der Waals surface area (Å²) < 4.78 is 5.07. The third-order valence-electron chi connectivity index (χ3n) is 4.46. The zero-order chi connectivity index (χ0) is 25.0. The highest BCUT2D eigenvalue weighted by Gasteiger charge is 2.28. The first kappa shape index (κ1) is 27.7. The Morgan fingerprint density at radius 2 is 1.58 bits per heavy atom. The Morgan fingerprint density at radius 3 is 2.09 bits per heavy atom. The Bertz CT molecular complexity index is 849. The number of carboxylic acids is 2. The van der Waals surface area contributed by atoms with Gasteiger partial charge in [-0.15, -0.1) is 0 Å². The minimum Gasteiger partial charge on any atom is -0.497 e. The standard InChI is InChI=1S/C20H28N4O8S/c1-32-12-4-2-11(3-5-12)8-13(21)18(29)23-14(6-7-16(25)26)20(31)24-15(10-33)19(30)22-9-17(27)28/h2-5,13-15,33H,6-10,21H2,1H3,(H,22,30)(H,23,29)(H,24,31)(H,25,26)(H,27,28)/t13-,14-,15-/m0/s1. The molecule has 0 aliphatic rings. The Hall–Kier alpha value is -3.32. The molecule has 3 atom stereocenters. The van der Waals surface area contributed by atoms with Crippen LogP contribution in [0.1, 0.15) is 18.4 Å². The van der Waals surface area contributed by atoms with E-state index in [1.165, 1.54) is 7.11 Å². The second kappa shape index (κ2) is 14.0. The Morgan fingerprint density at radius 1 is 0.970 bits per heavy atom. The fourth-order valence-corrected chi connectivity index (χ4v) is 2.93. The number of carbonyl (C=O) groups excluding carboxylic acids is 3. The molecule has 0 aliphatic carbocycles. The third-order valence-corrected chi connectivity index (χ3v) is 4.83. The van der Waals surface area contributed by atoms with Crippen molar-refractivity contribution < 1.29 is 38.9 Å². The molecule has 0 fully saturated rings. The summed E-state index contributed by atoms with van der Waals surface area (Å²) in [5.41, 5.74) is 6.69. The summed E-state index contributed by atoms with van der Waals surface area (Å²) in [7, 11) is 1.52. The molecule has 0 spiro atoms. The van der Waals surface area contributed by atoms with Crippen LogP contribution in [0.25, 0.3) is 0 Å². The number of carbonyl (C=O) groups is 5. The van der Waals surface area contributed by atoms with Crippen molar-refractivity contribution in [2.45, 2.75) is 37.4 Å². The number of nitrogens with two attached hydrogens (primary N) is 1. The maximum absolute atomic E-state index is 12.7. The first-order valence-corrected chi connectivity index (χ1v) is 10.5. The number of methoxy groups -OCH3 is 1. The lowest BCUT2D eigenvalue weighted by molar-refractivity contribution is -0.138. The zero-order valence-corrected chi connectivity index (χ0v) is 18.8. The van der Waals surface area contributed by atoms with E-state index in [4.69, 9.17) is 20.7 Å². The van der Waals surface area contributed by atoms with Gasteiger partial charge in [-0.05, 0) is 30.5 Å². The van der Waals surface area contributed by atoms with Crippen LogP contribution in [0.4, 0.5) is 0 Å². The Labute approximate surface area is 195 Å². The van der Waals surface area contributed by atoms with Crippen LogP contribution in [0.2, 0.25) is 0 Å². The van der Waals surface area contributed by atoms with E-state index in [0.29, 0.717) is 5.75 Å². The predicted octanol–water partition coefficient (Wildman–Crippen LogP) is -1.47. The van der Waals surface area contributed by atoms with Crippen LogP contribution in [0, 0.1) is 0 Å². The molecule has 1 aromatic carbocycles. The van der Waals surface area contributed by atoms with Crippen LogP contribution < -0.4 is 26.4 Å². The van der Waals surface area contributed by atoms with E-state index < -0.39 is 60.8 Å². The first-order valence-electron chi connectivity index (χ1n) is 9.88. The fraction of sp³-hybridized carbons (Fsp3) is 0.450. The van der Waals surface area contributed by atoms with Crippen LogP contribution in [0.5, 0.6) is 5.75 Å². The molecule has 0 unspecified atom stereocenters. The average Bonchev–Trinajstić information content (AvgIpc) is 2.78. The summed E-state index contributed by atoms with van der Waals surface area (Å²) in [4.78, 5) is 58.8. The van der Waals surface area contributed by atoms with Crippen molar-refractivity contribution in [3.63, 3.8) is 0 Å². The lowest BCUT2D eigenvalue weighted by atomic mass is 10.0. The van der Waals surface area contributed by atoms with Gasteiger partial charge in [0.1, 0.15) is 24.4 Å². The van der Waals surface area contributed by atoms with Gasteiger partial charge >= 0.3 is 11.9 Å². The summed E-state index contributed by atoms with van der Waals surface area (Å²) in [6.07, 6.45) is -0.527. The number of rotatable bonds is 14. The van der Waals surface area contributed by atoms with Crippen molar-refractivity contribution in [1.82, 2.24) is 16.0 Å². The number of aliphatic carboxylic acids is 2. The molecule has 0 aliphatic heterocycles. The van der Waals surface area contributed by atoms with E-state index in [0.717, 1.165) is 5.56 Å². The van der Waals surface area contributed by atoms with Crippen molar-refractivity contribution in [1.29, 1.82) is 0 Å². The number of hydrogen-bond donors (Lipinski definition) is 7. The Kier molecular flexibility index (Phi) is 11.7. The molecule has 0 radical (unpaired) electrons. The van der Waals surface area contributed by atoms with Gasteiger partial charge in [-0.3, -0.25) is 24.0 Å². The van der Waals surface area contributed by atoms with Crippen molar-refractivity contribution in [3.05, 3.63) is 29.8 Å². The highest BCUT2D eigenvalue weighted by molar-refractivity contribution is 7.80. The summed E-state index contributed by atoms with van der Waals surface area (Å²) in [6.45, 7) is -0.654. The third kappa shape index (κ3) is 10.2. The fourth-order valence-electron chi connectivity index (χ4n) is 2.68.